The zero-order chi connectivity index (χ0) is 8.27. The van der Waals surface area contributed by atoms with E-state index >= 15 is 0 Å². The molecule has 2 nitrogen and oxygen atoms in total. The molecule has 0 aromatic carbocycles. The lowest BCUT2D eigenvalue weighted by molar-refractivity contribution is -0.163. The molecule has 0 aromatic heterocycles. The summed E-state index contributed by atoms with van der Waals surface area (Å²) in [7, 11) is 0. The molecule has 1 fully saturated rings. The van der Waals surface area contributed by atoms with Crippen molar-refractivity contribution in [2.45, 2.75) is 38.5 Å². The minimum Gasteiger partial charge on any atom is -0.318 e. The van der Waals surface area contributed by atoms with Crippen LogP contribution in [0.1, 0.15) is 19.8 Å². The minimum atomic E-state index is -2.65. The van der Waals surface area contributed by atoms with Gasteiger partial charge in [0.1, 0.15) is 0 Å². The Hall–Kier alpha value is -0.220. The monoisotopic (exact) mass is 165 g/mol. The summed E-state index contributed by atoms with van der Waals surface area (Å²) < 4.78 is 27.7. The Labute approximate surface area is 64.9 Å². The van der Waals surface area contributed by atoms with E-state index < -0.39 is 6.61 Å². The Kier molecular flexibility index (Phi) is 3.20. The summed E-state index contributed by atoms with van der Waals surface area (Å²) in [6, 6.07) is 0.115. The van der Waals surface area contributed by atoms with Gasteiger partial charge in [0, 0.05) is 6.04 Å². The second-order valence-corrected chi connectivity index (χ2v) is 2.80. The first-order valence-electron chi connectivity index (χ1n) is 3.87. The summed E-state index contributed by atoms with van der Waals surface area (Å²) >= 11 is 0. The molecule has 2 atom stereocenters. The average Bonchev–Trinajstić information content (AvgIpc) is 2.35. The van der Waals surface area contributed by atoms with Crippen molar-refractivity contribution in [3.05, 3.63) is 0 Å². The fourth-order valence-electron chi connectivity index (χ4n) is 1.37. The highest BCUT2D eigenvalue weighted by molar-refractivity contribution is 4.79. The summed E-state index contributed by atoms with van der Waals surface area (Å²) in [6.45, 7) is -0.0519. The van der Waals surface area contributed by atoms with Crippen LogP contribution in [-0.4, -0.2) is 25.3 Å². The van der Waals surface area contributed by atoms with Gasteiger partial charge in [0.25, 0.3) is 0 Å². The molecule has 1 aliphatic rings. The Morgan fingerprint density at radius 2 is 2.27 bits per heavy atom. The molecule has 0 radical (unpaired) electrons. The third-order valence-electron chi connectivity index (χ3n) is 1.98. The molecule has 11 heavy (non-hydrogen) atoms. The maximum absolute atomic E-state index is 11.7. The number of nitrogens with one attached hydrogen (secondary N) is 1. The summed E-state index contributed by atoms with van der Waals surface area (Å²) in [5.74, 6) is 0. The van der Waals surface area contributed by atoms with Gasteiger partial charge in [-0.15, -0.1) is 0 Å². The molecule has 0 aliphatic carbocycles. The van der Waals surface area contributed by atoms with Crippen LogP contribution in [0.2, 0.25) is 0 Å². The molecule has 66 valence electrons. The van der Waals surface area contributed by atoms with Gasteiger partial charge in [-0.25, -0.2) is 0 Å². The van der Waals surface area contributed by atoms with Crippen LogP contribution in [-0.2, 0) is 4.74 Å². The lowest BCUT2D eigenvalue weighted by Gasteiger charge is -2.18. The van der Waals surface area contributed by atoms with E-state index in [9.17, 15) is 8.78 Å². The summed E-state index contributed by atoms with van der Waals surface area (Å²) in [5.41, 5.74) is 0. The molecule has 1 saturated heterocycles. The first-order chi connectivity index (χ1) is 5.20. The maximum Gasteiger partial charge on any atom is 0.345 e. The van der Waals surface area contributed by atoms with Crippen molar-refractivity contribution < 1.29 is 13.5 Å². The predicted octanol–water partition coefficient (Wildman–Crippen LogP) is 1.37. The van der Waals surface area contributed by atoms with E-state index in [0.717, 1.165) is 19.4 Å². The van der Waals surface area contributed by atoms with Gasteiger partial charge in [-0.3, -0.25) is 0 Å². The normalized spacial score (nSPS) is 27.8. The fraction of sp³-hybridized carbons (Fsp3) is 1.00. The molecule has 1 rings (SSSR count). The molecule has 4 heteroatoms. The van der Waals surface area contributed by atoms with E-state index in [-0.39, 0.29) is 12.1 Å². The van der Waals surface area contributed by atoms with Gasteiger partial charge in [0.2, 0.25) is 0 Å². The molecule has 1 heterocycles. The van der Waals surface area contributed by atoms with Crippen LogP contribution in [0.25, 0.3) is 0 Å². The van der Waals surface area contributed by atoms with E-state index in [1.54, 1.807) is 6.92 Å². The van der Waals surface area contributed by atoms with Crippen molar-refractivity contribution in [2.24, 2.45) is 0 Å². The van der Waals surface area contributed by atoms with Crippen LogP contribution in [0.5, 0.6) is 0 Å². The molecule has 0 spiro atoms. The van der Waals surface area contributed by atoms with Crippen LogP contribution in [0.4, 0.5) is 8.78 Å². The van der Waals surface area contributed by atoms with Gasteiger partial charge in [0.15, 0.2) is 0 Å². The van der Waals surface area contributed by atoms with Gasteiger partial charge in [-0.2, -0.15) is 8.78 Å². The second kappa shape index (κ2) is 3.97. The number of ether oxygens (including phenoxy) is 1. The molecule has 0 bridgehead atoms. The number of alkyl halides is 2. The average molecular weight is 165 g/mol. The Bertz CT molecular complexity index is 115. The lowest BCUT2D eigenvalue weighted by atomic mass is 10.1. The van der Waals surface area contributed by atoms with Crippen molar-refractivity contribution in [1.29, 1.82) is 0 Å². The van der Waals surface area contributed by atoms with Crippen molar-refractivity contribution in [3.8, 4) is 0 Å². The van der Waals surface area contributed by atoms with Gasteiger partial charge < -0.3 is 10.1 Å². The van der Waals surface area contributed by atoms with E-state index in [0.29, 0.717) is 0 Å². The second-order valence-electron chi connectivity index (χ2n) is 2.80. The van der Waals surface area contributed by atoms with Crippen molar-refractivity contribution >= 4 is 0 Å². The molecule has 0 aromatic rings. The first-order valence-corrected chi connectivity index (χ1v) is 3.87. The highest BCUT2D eigenvalue weighted by atomic mass is 19.3. The zero-order valence-electron chi connectivity index (χ0n) is 6.52. The lowest BCUT2D eigenvalue weighted by Crippen LogP contribution is -2.35. The SMILES string of the molecule is CC(OC(F)F)C1CCCN1. The van der Waals surface area contributed by atoms with Crippen LogP contribution >= 0.6 is 0 Å². The van der Waals surface area contributed by atoms with E-state index in [1.807, 2.05) is 0 Å². The van der Waals surface area contributed by atoms with Gasteiger partial charge in [0.05, 0.1) is 6.10 Å². The van der Waals surface area contributed by atoms with E-state index in [2.05, 4.69) is 10.1 Å². The first kappa shape index (κ1) is 8.87. The maximum atomic E-state index is 11.7. The quantitative estimate of drug-likeness (QED) is 0.681. The standard InChI is InChI=1S/C7H13F2NO/c1-5(11-7(8)9)6-3-2-4-10-6/h5-7,10H,2-4H2,1H3. The molecular weight excluding hydrogens is 152 g/mol. The highest BCUT2D eigenvalue weighted by Crippen LogP contribution is 2.13. The topological polar surface area (TPSA) is 21.3 Å². The summed E-state index contributed by atoms with van der Waals surface area (Å²) in [5, 5.41) is 3.10. The molecule has 1 N–H and O–H groups in total. The van der Waals surface area contributed by atoms with Gasteiger partial charge in [-0.1, -0.05) is 0 Å². The van der Waals surface area contributed by atoms with Crippen molar-refractivity contribution in [2.75, 3.05) is 6.54 Å². The van der Waals surface area contributed by atoms with Crippen LogP contribution in [0.15, 0.2) is 0 Å². The third kappa shape index (κ3) is 2.71. The molecule has 1 aliphatic heterocycles. The van der Waals surface area contributed by atoms with Crippen LogP contribution in [0, 0.1) is 0 Å². The summed E-state index contributed by atoms with van der Waals surface area (Å²) in [6.07, 6.45) is 1.62. The largest absolute Gasteiger partial charge is 0.345 e. The van der Waals surface area contributed by atoms with Gasteiger partial charge >= 0.3 is 6.61 Å². The van der Waals surface area contributed by atoms with Crippen LogP contribution < -0.4 is 5.32 Å². The number of hydrogen-bond acceptors (Lipinski definition) is 2. The molecular formula is C7H13F2NO. The van der Waals surface area contributed by atoms with Crippen molar-refractivity contribution in [1.82, 2.24) is 5.32 Å². The molecule has 0 amide bonds. The summed E-state index contributed by atoms with van der Waals surface area (Å²) in [4.78, 5) is 0. The van der Waals surface area contributed by atoms with E-state index in [1.165, 1.54) is 0 Å². The Balaban J connectivity index is 2.22. The number of halogens is 2. The smallest absolute Gasteiger partial charge is 0.318 e. The predicted molar refractivity (Wildman–Crippen MR) is 37.6 cm³/mol. The van der Waals surface area contributed by atoms with Crippen LogP contribution in [0.3, 0.4) is 0 Å². The van der Waals surface area contributed by atoms with Gasteiger partial charge in [-0.05, 0) is 26.3 Å². The fourth-order valence-corrected chi connectivity index (χ4v) is 1.37. The number of hydrogen-bond donors (Lipinski definition) is 1. The minimum absolute atomic E-state index is 0.115. The number of rotatable bonds is 3. The Morgan fingerprint density at radius 3 is 2.73 bits per heavy atom. The Morgan fingerprint density at radius 1 is 1.55 bits per heavy atom. The third-order valence-corrected chi connectivity index (χ3v) is 1.98. The molecule has 2 unspecified atom stereocenters. The molecule has 0 saturated carbocycles. The van der Waals surface area contributed by atoms with E-state index in [4.69, 9.17) is 0 Å². The van der Waals surface area contributed by atoms with Crippen molar-refractivity contribution in [3.63, 3.8) is 0 Å². The zero-order valence-corrected chi connectivity index (χ0v) is 6.52. The highest BCUT2D eigenvalue weighted by Gasteiger charge is 2.23.